The van der Waals surface area contributed by atoms with Crippen molar-refractivity contribution >= 4 is 11.6 Å². The summed E-state index contributed by atoms with van der Waals surface area (Å²) in [5.74, 6) is 1.31. The third-order valence-electron chi connectivity index (χ3n) is 3.01. The SMILES string of the molecule is CCCN(CCO)Cc1ncc(-c2ccccc2Cl)o1. The highest BCUT2D eigenvalue weighted by atomic mass is 35.5. The van der Waals surface area contributed by atoms with E-state index < -0.39 is 0 Å². The molecule has 1 aromatic heterocycles. The lowest BCUT2D eigenvalue weighted by atomic mass is 10.2. The van der Waals surface area contributed by atoms with Gasteiger partial charge in [-0.15, -0.1) is 0 Å². The number of halogens is 1. The summed E-state index contributed by atoms with van der Waals surface area (Å²) in [6, 6.07) is 7.53. The van der Waals surface area contributed by atoms with E-state index in [-0.39, 0.29) is 6.61 Å². The molecule has 5 heteroatoms. The number of aromatic nitrogens is 1. The maximum absolute atomic E-state index is 9.05. The predicted molar refractivity (Wildman–Crippen MR) is 79.6 cm³/mol. The molecule has 0 saturated carbocycles. The molecular weight excluding hydrogens is 276 g/mol. The molecule has 1 heterocycles. The Labute approximate surface area is 124 Å². The van der Waals surface area contributed by atoms with E-state index in [1.165, 1.54) is 0 Å². The summed E-state index contributed by atoms with van der Waals surface area (Å²) in [7, 11) is 0. The smallest absolute Gasteiger partial charge is 0.209 e. The molecule has 20 heavy (non-hydrogen) atoms. The normalized spacial score (nSPS) is 11.2. The lowest BCUT2D eigenvalue weighted by molar-refractivity contribution is 0.179. The van der Waals surface area contributed by atoms with Gasteiger partial charge in [-0.05, 0) is 25.1 Å². The van der Waals surface area contributed by atoms with Crippen LogP contribution < -0.4 is 0 Å². The molecule has 2 aromatic rings. The Kier molecular flexibility index (Phi) is 5.59. The van der Waals surface area contributed by atoms with Crippen molar-refractivity contribution in [2.24, 2.45) is 0 Å². The van der Waals surface area contributed by atoms with Gasteiger partial charge < -0.3 is 9.52 Å². The Morgan fingerprint density at radius 3 is 2.80 bits per heavy atom. The molecule has 0 fully saturated rings. The van der Waals surface area contributed by atoms with Crippen LogP contribution in [0.5, 0.6) is 0 Å². The van der Waals surface area contributed by atoms with Crippen LogP contribution in [0.4, 0.5) is 0 Å². The fourth-order valence-electron chi connectivity index (χ4n) is 2.09. The van der Waals surface area contributed by atoms with Crippen molar-refractivity contribution in [2.75, 3.05) is 19.7 Å². The van der Waals surface area contributed by atoms with Gasteiger partial charge in [-0.25, -0.2) is 4.98 Å². The summed E-state index contributed by atoms with van der Waals surface area (Å²) in [4.78, 5) is 6.40. The van der Waals surface area contributed by atoms with Gasteiger partial charge in [-0.1, -0.05) is 30.7 Å². The highest BCUT2D eigenvalue weighted by Gasteiger charge is 2.12. The van der Waals surface area contributed by atoms with Gasteiger partial charge in [-0.3, -0.25) is 4.90 Å². The number of oxazole rings is 1. The van der Waals surface area contributed by atoms with E-state index in [4.69, 9.17) is 21.1 Å². The second-order valence-electron chi connectivity index (χ2n) is 4.60. The third-order valence-corrected chi connectivity index (χ3v) is 3.34. The Balaban J connectivity index is 2.10. The Morgan fingerprint density at radius 1 is 1.30 bits per heavy atom. The lowest BCUT2D eigenvalue weighted by Gasteiger charge is -2.18. The second-order valence-corrected chi connectivity index (χ2v) is 5.01. The maximum Gasteiger partial charge on any atom is 0.209 e. The molecule has 0 atom stereocenters. The van der Waals surface area contributed by atoms with Crippen LogP contribution in [0.2, 0.25) is 5.02 Å². The molecule has 0 aliphatic rings. The van der Waals surface area contributed by atoms with E-state index in [0.29, 0.717) is 29.8 Å². The van der Waals surface area contributed by atoms with Crippen LogP contribution in [0.15, 0.2) is 34.9 Å². The van der Waals surface area contributed by atoms with Crippen molar-refractivity contribution in [3.05, 3.63) is 41.4 Å². The fraction of sp³-hybridized carbons (Fsp3) is 0.400. The van der Waals surface area contributed by atoms with Crippen molar-refractivity contribution in [2.45, 2.75) is 19.9 Å². The highest BCUT2D eigenvalue weighted by Crippen LogP contribution is 2.28. The van der Waals surface area contributed by atoms with Crippen molar-refractivity contribution in [1.29, 1.82) is 0 Å². The molecule has 0 spiro atoms. The van der Waals surface area contributed by atoms with E-state index in [9.17, 15) is 0 Å². The molecule has 4 nitrogen and oxygen atoms in total. The molecular formula is C15H19ClN2O2. The zero-order chi connectivity index (χ0) is 14.4. The van der Waals surface area contributed by atoms with E-state index in [2.05, 4.69) is 16.8 Å². The molecule has 0 unspecified atom stereocenters. The average Bonchev–Trinajstić information content (AvgIpc) is 2.88. The van der Waals surface area contributed by atoms with Crippen LogP contribution in [0.3, 0.4) is 0 Å². The van der Waals surface area contributed by atoms with Gasteiger partial charge in [0.15, 0.2) is 5.76 Å². The van der Waals surface area contributed by atoms with Gasteiger partial charge in [0.1, 0.15) is 0 Å². The van der Waals surface area contributed by atoms with Gasteiger partial charge in [0.2, 0.25) is 5.89 Å². The molecule has 1 N–H and O–H groups in total. The van der Waals surface area contributed by atoms with Crippen molar-refractivity contribution in [3.8, 4) is 11.3 Å². The van der Waals surface area contributed by atoms with E-state index >= 15 is 0 Å². The largest absolute Gasteiger partial charge is 0.439 e. The molecule has 1 aromatic carbocycles. The molecule has 0 radical (unpaired) electrons. The second kappa shape index (κ2) is 7.43. The van der Waals surface area contributed by atoms with Crippen LogP contribution in [0.25, 0.3) is 11.3 Å². The van der Waals surface area contributed by atoms with Gasteiger partial charge in [0.25, 0.3) is 0 Å². The molecule has 0 aliphatic heterocycles. The van der Waals surface area contributed by atoms with Gasteiger partial charge >= 0.3 is 0 Å². The Bertz CT molecular complexity index is 536. The average molecular weight is 295 g/mol. The van der Waals surface area contributed by atoms with Gasteiger partial charge in [-0.2, -0.15) is 0 Å². The number of rotatable bonds is 7. The van der Waals surface area contributed by atoms with Gasteiger partial charge in [0.05, 0.1) is 24.4 Å². The minimum absolute atomic E-state index is 0.137. The van der Waals surface area contributed by atoms with Crippen LogP contribution in [0, 0.1) is 0 Å². The first kappa shape index (κ1) is 15.0. The zero-order valence-electron chi connectivity index (χ0n) is 11.6. The van der Waals surface area contributed by atoms with Crippen LogP contribution >= 0.6 is 11.6 Å². The predicted octanol–water partition coefficient (Wildman–Crippen LogP) is 3.20. The van der Waals surface area contributed by atoms with Crippen LogP contribution in [0.1, 0.15) is 19.2 Å². The van der Waals surface area contributed by atoms with E-state index in [1.54, 1.807) is 6.20 Å². The summed E-state index contributed by atoms with van der Waals surface area (Å²) in [6.45, 7) is 4.37. The quantitative estimate of drug-likeness (QED) is 0.852. The first-order chi connectivity index (χ1) is 9.74. The zero-order valence-corrected chi connectivity index (χ0v) is 12.3. The summed E-state index contributed by atoms with van der Waals surface area (Å²) in [5, 5.41) is 9.70. The molecule has 0 amide bonds. The fourth-order valence-corrected chi connectivity index (χ4v) is 2.32. The number of aliphatic hydroxyl groups excluding tert-OH is 1. The first-order valence-corrected chi connectivity index (χ1v) is 7.15. The standard InChI is InChI=1S/C15H19ClN2O2/c1-2-7-18(8-9-19)11-15-17-10-14(20-15)12-5-3-4-6-13(12)16/h3-6,10,19H,2,7-9,11H2,1H3. The third kappa shape index (κ3) is 3.82. The molecule has 0 bridgehead atoms. The van der Waals surface area contributed by atoms with Gasteiger partial charge in [0, 0.05) is 12.1 Å². The number of benzene rings is 1. The van der Waals surface area contributed by atoms with E-state index in [0.717, 1.165) is 18.5 Å². The number of aliphatic hydroxyl groups is 1. The monoisotopic (exact) mass is 294 g/mol. The number of nitrogens with zero attached hydrogens (tertiary/aromatic N) is 2. The summed E-state index contributed by atoms with van der Waals surface area (Å²) in [6.07, 6.45) is 2.72. The molecule has 2 rings (SSSR count). The van der Waals surface area contributed by atoms with Crippen molar-refractivity contribution in [1.82, 2.24) is 9.88 Å². The van der Waals surface area contributed by atoms with Crippen LogP contribution in [-0.2, 0) is 6.54 Å². The van der Waals surface area contributed by atoms with Crippen molar-refractivity contribution in [3.63, 3.8) is 0 Å². The molecule has 108 valence electrons. The molecule has 0 saturated heterocycles. The topological polar surface area (TPSA) is 49.5 Å². The summed E-state index contributed by atoms with van der Waals surface area (Å²) >= 11 is 6.14. The maximum atomic E-state index is 9.05. The minimum Gasteiger partial charge on any atom is -0.439 e. The Hall–Kier alpha value is -1.36. The summed E-state index contributed by atoms with van der Waals surface area (Å²) < 4.78 is 5.75. The van der Waals surface area contributed by atoms with Crippen molar-refractivity contribution < 1.29 is 9.52 Å². The Morgan fingerprint density at radius 2 is 2.10 bits per heavy atom. The molecule has 0 aliphatic carbocycles. The number of hydrogen-bond donors (Lipinski definition) is 1. The highest BCUT2D eigenvalue weighted by molar-refractivity contribution is 6.33. The lowest BCUT2D eigenvalue weighted by Crippen LogP contribution is -2.27. The first-order valence-electron chi connectivity index (χ1n) is 6.77. The minimum atomic E-state index is 0.137. The summed E-state index contributed by atoms with van der Waals surface area (Å²) in [5.41, 5.74) is 0.845. The number of hydrogen-bond acceptors (Lipinski definition) is 4. The van der Waals surface area contributed by atoms with Crippen LogP contribution in [-0.4, -0.2) is 34.7 Å². The van der Waals surface area contributed by atoms with E-state index in [1.807, 2.05) is 24.3 Å².